The van der Waals surface area contributed by atoms with Gasteiger partial charge in [-0.25, -0.2) is 0 Å². The van der Waals surface area contributed by atoms with Crippen LogP contribution in [0.15, 0.2) is 109 Å². The van der Waals surface area contributed by atoms with E-state index in [0.717, 1.165) is 11.1 Å². The molecule has 4 atom stereocenters. The Labute approximate surface area is 230 Å². The summed E-state index contributed by atoms with van der Waals surface area (Å²) in [7, 11) is 0. The first-order valence-corrected chi connectivity index (χ1v) is 13.2. The van der Waals surface area contributed by atoms with Gasteiger partial charge in [-0.3, -0.25) is 14.4 Å². The van der Waals surface area contributed by atoms with Gasteiger partial charge >= 0.3 is 0 Å². The number of rotatable bonds is 4. The highest BCUT2D eigenvalue weighted by Crippen LogP contribution is 2.62. The maximum Gasteiger partial charge on any atom is 0.238 e. The molecule has 5 nitrogen and oxygen atoms in total. The molecule has 0 unspecified atom stereocenters. The predicted octanol–water partition coefficient (Wildman–Crippen LogP) is 6.32. The second-order valence-corrected chi connectivity index (χ2v) is 10.6. The number of carbonyl (C=O) groups is 3. The molecule has 39 heavy (non-hydrogen) atoms. The van der Waals surface area contributed by atoms with E-state index >= 15 is 0 Å². The molecule has 1 N–H and O–H groups in total. The van der Waals surface area contributed by atoms with Crippen molar-refractivity contribution in [3.05, 3.63) is 142 Å². The van der Waals surface area contributed by atoms with E-state index in [1.807, 2.05) is 71.8 Å². The Morgan fingerprint density at radius 1 is 0.795 bits per heavy atom. The topological polar surface area (TPSA) is 66.5 Å². The molecule has 3 aliphatic rings. The number of fused-ring (bicyclic) bond motifs is 6. The summed E-state index contributed by atoms with van der Waals surface area (Å²) >= 11 is 6.57. The van der Waals surface area contributed by atoms with Crippen molar-refractivity contribution < 1.29 is 14.4 Å². The number of para-hydroxylation sites is 1. The number of hydrogen-bond donors (Lipinski definition) is 1. The summed E-state index contributed by atoms with van der Waals surface area (Å²) in [5.74, 6) is -1.89. The number of nitrogens with one attached hydrogen (secondary N) is 1. The monoisotopic (exact) mass is 530 g/mol. The van der Waals surface area contributed by atoms with Crippen LogP contribution in [0, 0.1) is 5.92 Å². The van der Waals surface area contributed by atoms with E-state index < -0.39 is 23.4 Å². The molecule has 6 heteroatoms. The molecule has 0 aromatic heterocycles. The lowest BCUT2D eigenvalue weighted by molar-refractivity contribution is -0.122. The highest BCUT2D eigenvalue weighted by atomic mass is 35.5. The maximum absolute atomic E-state index is 14.7. The highest BCUT2D eigenvalue weighted by molar-refractivity contribution is 6.34. The Balaban J connectivity index is 1.56. The molecule has 190 valence electrons. The van der Waals surface area contributed by atoms with Gasteiger partial charge in [-0.15, -0.1) is 0 Å². The maximum atomic E-state index is 14.7. The zero-order valence-electron chi connectivity index (χ0n) is 20.8. The van der Waals surface area contributed by atoms with Crippen LogP contribution in [0.3, 0.4) is 0 Å². The molecule has 1 spiro atoms. The van der Waals surface area contributed by atoms with Gasteiger partial charge in [-0.1, -0.05) is 96.5 Å². The van der Waals surface area contributed by atoms with Crippen molar-refractivity contribution in [3.8, 4) is 0 Å². The molecular weight excluding hydrogens is 508 g/mol. The average Bonchev–Trinajstić information content (AvgIpc) is 3.45. The van der Waals surface area contributed by atoms with Gasteiger partial charge in [-0.05, 0) is 41.0 Å². The summed E-state index contributed by atoms with van der Waals surface area (Å²) < 4.78 is 0. The largest absolute Gasteiger partial charge is 0.358 e. The smallest absolute Gasteiger partial charge is 0.238 e. The molecule has 0 radical (unpaired) electrons. The van der Waals surface area contributed by atoms with Gasteiger partial charge in [0, 0.05) is 23.0 Å². The molecule has 1 saturated heterocycles. The van der Waals surface area contributed by atoms with Crippen LogP contribution in [0.25, 0.3) is 6.08 Å². The van der Waals surface area contributed by atoms with Crippen LogP contribution in [0.1, 0.15) is 43.4 Å². The summed E-state index contributed by atoms with van der Waals surface area (Å²) in [6.07, 6.45) is 3.82. The van der Waals surface area contributed by atoms with Crippen LogP contribution >= 0.6 is 11.6 Å². The van der Waals surface area contributed by atoms with Gasteiger partial charge in [0.05, 0.1) is 17.0 Å². The van der Waals surface area contributed by atoms with E-state index in [1.165, 1.54) is 0 Å². The molecular formula is C33H23ClN2O3. The van der Waals surface area contributed by atoms with Gasteiger partial charge in [0.2, 0.25) is 5.91 Å². The third-order valence-electron chi connectivity index (χ3n) is 8.32. The molecule has 3 heterocycles. The molecule has 4 aromatic rings. The molecule has 0 aliphatic carbocycles. The number of benzene rings is 4. The standard InChI is InChI=1S/C33H23ClN2O3/c34-25-16-8-6-14-23(25)30(38)27-28(29(37)21-11-2-1-3-12-21)36-19-18-20-10-4-5-13-22(20)31(36)33(27)24-15-7-9-17-26(24)35-32(33)39/h1-19,27-28,31H,(H,35,39)/t27-,28-,31-,33+/m1/s1. The SMILES string of the molecule is O=C(c1ccccc1)[C@H]1[C@H](C(=O)c2ccccc2Cl)[C@]2(C(=O)Nc3ccccc32)[C@H]2c3ccccc3C=CN12. The van der Waals surface area contributed by atoms with Crippen LogP contribution in [0.4, 0.5) is 5.69 Å². The fraction of sp³-hybridized carbons (Fsp3) is 0.121. The Bertz CT molecular complexity index is 1700. The summed E-state index contributed by atoms with van der Waals surface area (Å²) in [5, 5.41) is 3.35. The number of carbonyl (C=O) groups excluding carboxylic acids is 3. The van der Waals surface area contributed by atoms with E-state index in [2.05, 4.69) is 5.32 Å². The quantitative estimate of drug-likeness (QED) is 0.313. The van der Waals surface area contributed by atoms with E-state index in [9.17, 15) is 14.4 Å². The highest BCUT2D eigenvalue weighted by Gasteiger charge is 2.70. The fourth-order valence-corrected chi connectivity index (χ4v) is 7.00. The number of hydrogen-bond acceptors (Lipinski definition) is 4. The lowest BCUT2D eigenvalue weighted by Crippen LogP contribution is -2.49. The third-order valence-corrected chi connectivity index (χ3v) is 8.65. The van der Waals surface area contributed by atoms with Gasteiger partial charge in [0.1, 0.15) is 11.5 Å². The van der Waals surface area contributed by atoms with Crippen molar-refractivity contribution in [3.63, 3.8) is 0 Å². The Morgan fingerprint density at radius 3 is 2.31 bits per heavy atom. The molecule has 0 bridgehead atoms. The van der Waals surface area contributed by atoms with E-state index in [4.69, 9.17) is 11.6 Å². The van der Waals surface area contributed by atoms with Crippen molar-refractivity contribution in [2.45, 2.75) is 17.5 Å². The molecule has 1 amide bonds. The number of halogens is 1. The normalized spacial score (nSPS) is 24.2. The Kier molecular flexibility index (Phi) is 5.32. The average molecular weight is 531 g/mol. The lowest BCUT2D eigenvalue weighted by atomic mass is 9.62. The van der Waals surface area contributed by atoms with Crippen molar-refractivity contribution >= 4 is 40.8 Å². The minimum atomic E-state index is -1.37. The van der Waals surface area contributed by atoms with E-state index in [1.54, 1.807) is 48.5 Å². The Hall–Kier alpha value is -4.48. The second-order valence-electron chi connectivity index (χ2n) is 10.2. The lowest BCUT2D eigenvalue weighted by Gasteiger charge is -2.38. The van der Waals surface area contributed by atoms with E-state index in [0.29, 0.717) is 22.4 Å². The molecule has 0 saturated carbocycles. The van der Waals surface area contributed by atoms with Gasteiger partial charge in [0.25, 0.3) is 0 Å². The Morgan fingerprint density at radius 2 is 1.49 bits per heavy atom. The number of anilines is 1. The van der Waals surface area contributed by atoms with Crippen LogP contribution in [-0.2, 0) is 10.2 Å². The number of Topliss-reactive ketones (excluding diaryl/α,β-unsaturated/α-hetero) is 2. The minimum absolute atomic E-state index is 0.218. The number of amides is 1. The van der Waals surface area contributed by atoms with Crippen molar-refractivity contribution in [1.29, 1.82) is 0 Å². The summed E-state index contributed by atoms with van der Waals surface area (Å²) in [6, 6.07) is 29.6. The van der Waals surface area contributed by atoms with Crippen LogP contribution < -0.4 is 5.32 Å². The van der Waals surface area contributed by atoms with Crippen LogP contribution in [-0.4, -0.2) is 28.4 Å². The number of ketones is 2. The molecule has 7 rings (SSSR count). The molecule has 3 aliphatic heterocycles. The fourth-order valence-electron chi connectivity index (χ4n) is 6.77. The van der Waals surface area contributed by atoms with Crippen LogP contribution in [0.2, 0.25) is 5.02 Å². The van der Waals surface area contributed by atoms with Crippen molar-refractivity contribution in [1.82, 2.24) is 4.90 Å². The van der Waals surface area contributed by atoms with Crippen molar-refractivity contribution in [2.24, 2.45) is 5.92 Å². The predicted molar refractivity (Wildman–Crippen MR) is 151 cm³/mol. The number of nitrogens with zero attached hydrogens (tertiary/aromatic N) is 1. The van der Waals surface area contributed by atoms with Crippen molar-refractivity contribution in [2.75, 3.05) is 5.32 Å². The summed E-state index contributed by atoms with van der Waals surface area (Å²) in [5.41, 5.74) is 2.61. The first-order valence-electron chi connectivity index (χ1n) is 12.9. The minimum Gasteiger partial charge on any atom is -0.358 e. The first kappa shape index (κ1) is 23.6. The van der Waals surface area contributed by atoms with Gasteiger partial charge in [-0.2, -0.15) is 0 Å². The van der Waals surface area contributed by atoms with Crippen LogP contribution in [0.5, 0.6) is 0 Å². The molecule has 1 fully saturated rings. The third kappa shape index (κ3) is 3.23. The van der Waals surface area contributed by atoms with Gasteiger partial charge in [0.15, 0.2) is 11.6 Å². The molecule has 4 aromatic carbocycles. The zero-order valence-corrected chi connectivity index (χ0v) is 21.5. The van der Waals surface area contributed by atoms with E-state index in [-0.39, 0.29) is 22.5 Å². The second kappa shape index (κ2) is 8.79. The first-order chi connectivity index (χ1) is 19.0. The summed E-state index contributed by atoms with van der Waals surface area (Å²) in [6.45, 7) is 0. The zero-order chi connectivity index (χ0) is 26.7. The summed E-state index contributed by atoms with van der Waals surface area (Å²) in [4.78, 5) is 45.5. The van der Waals surface area contributed by atoms with Gasteiger partial charge < -0.3 is 10.2 Å².